The highest BCUT2D eigenvalue weighted by Gasteiger charge is 2.04. The molecule has 0 spiro atoms. The van der Waals surface area contributed by atoms with Gasteiger partial charge in [0.1, 0.15) is 0 Å². The lowest BCUT2D eigenvalue weighted by molar-refractivity contribution is 0.111. The van der Waals surface area contributed by atoms with E-state index in [9.17, 15) is 9.59 Å². The standard InChI is InChI=1S/C11H8N2O2/c14-7-10-9(3-4-11(15)13-10)8-2-1-5-12-6-8/h1-7H,(H,13,15). The fourth-order valence-electron chi connectivity index (χ4n) is 1.36. The van der Waals surface area contributed by atoms with Gasteiger partial charge in [-0.2, -0.15) is 0 Å². The van der Waals surface area contributed by atoms with E-state index in [-0.39, 0.29) is 11.3 Å². The average molecular weight is 200 g/mol. The number of pyridine rings is 2. The molecule has 0 aliphatic heterocycles. The van der Waals surface area contributed by atoms with Crippen molar-refractivity contribution in [3.63, 3.8) is 0 Å². The number of aromatic nitrogens is 2. The van der Waals surface area contributed by atoms with Crippen LogP contribution in [0.15, 0.2) is 41.5 Å². The van der Waals surface area contributed by atoms with E-state index in [1.54, 1.807) is 24.5 Å². The second-order valence-electron chi connectivity index (χ2n) is 3.01. The maximum Gasteiger partial charge on any atom is 0.248 e. The Morgan fingerprint density at radius 2 is 2.13 bits per heavy atom. The number of carbonyl (C=O) groups is 1. The minimum absolute atomic E-state index is 0.274. The Hall–Kier alpha value is -2.23. The van der Waals surface area contributed by atoms with Crippen LogP contribution in [0, 0.1) is 0 Å². The zero-order valence-electron chi connectivity index (χ0n) is 7.81. The van der Waals surface area contributed by atoms with Crippen molar-refractivity contribution >= 4 is 6.29 Å². The van der Waals surface area contributed by atoms with Gasteiger partial charge in [-0.1, -0.05) is 6.07 Å². The van der Waals surface area contributed by atoms with Crippen LogP contribution in [0.4, 0.5) is 0 Å². The highest BCUT2D eigenvalue weighted by atomic mass is 16.1. The third kappa shape index (κ3) is 1.83. The summed E-state index contributed by atoms with van der Waals surface area (Å²) >= 11 is 0. The lowest BCUT2D eigenvalue weighted by atomic mass is 10.1. The van der Waals surface area contributed by atoms with Crippen LogP contribution in [-0.2, 0) is 0 Å². The first-order chi connectivity index (χ1) is 7.31. The maximum absolute atomic E-state index is 11.0. The molecule has 0 atom stereocenters. The summed E-state index contributed by atoms with van der Waals surface area (Å²) in [5.41, 5.74) is 1.47. The van der Waals surface area contributed by atoms with Crippen LogP contribution in [-0.4, -0.2) is 16.3 Å². The number of aromatic amines is 1. The molecule has 0 aliphatic rings. The number of hydrogen-bond donors (Lipinski definition) is 1. The smallest absolute Gasteiger partial charge is 0.248 e. The van der Waals surface area contributed by atoms with E-state index in [0.29, 0.717) is 11.8 Å². The van der Waals surface area contributed by atoms with Crippen molar-refractivity contribution in [1.82, 2.24) is 9.97 Å². The van der Waals surface area contributed by atoms with Crippen molar-refractivity contribution in [3.05, 3.63) is 52.7 Å². The summed E-state index contributed by atoms with van der Waals surface area (Å²) in [5.74, 6) is 0. The van der Waals surface area contributed by atoms with E-state index in [2.05, 4.69) is 9.97 Å². The summed E-state index contributed by atoms with van der Waals surface area (Å²) in [5, 5.41) is 0. The van der Waals surface area contributed by atoms with Crippen molar-refractivity contribution < 1.29 is 4.79 Å². The predicted molar refractivity (Wildman–Crippen MR) is 55.7 cm³/mol. The summed E-state index contributed by atoms with van der Waals surface area (Å²) in [7, 11) is 0. The lowest BCUT2D eigenvalue weighted by Gasteiger charge is -2.02. The largest absolute Gasteiger partial charge is 0.319 e. The van der Waals surface area contributed by atoms with Gasteiger partial charge in [0.25, 0.3) is 0 Å². The van der Waals surface area contributed by atoms with Gasteiger partial charge in [0.15, 0.2) is 6.29 Å². The zero-order chi connectivity index (χ0) is 10.7. The SMILES string of the molecule is O=Cc1[nH]c(=O)ccc1-c1cccnc1. The van der Waals surface area contributed by atoms with Crippen LogP contribution >= 0.6 is 0 Å². The molecular weight excluding hydrogens is 192 g/mol. The van der Waals surface area contributed by atoms with Gasteiger partial charge in [-0.15, -0.1) is 0 Å². The molecule has 2 aromatic heterocycles. The van der Waals surface area contributed by atoms with Gasteiger partial charge in [-0.05, 0) is 12.1 Å². The Morgan fingerprint density at radius 3 is 2.80 bits per heavy atom. The second-order valence-corrected chi connectivity index (χ2v) is 3.01. The fourth-order valence-corrected chi connectivity index (χ4v) is 1.36. The highest BCUT2D eigenvalue weighted by Crippen LogP contribution is 2.18. The highest BCUT2D eigenvalue weighted by molar-refractivity contribution is 5.84. The summed E-state index contributed by atoms with van der Waals surface area (Å²) in [6, 6.07) is 6.59. The van der Waals surface area contributed by atoms with E-state index >= 15 is 0 Å². The molecule has 4 nitrogen and oxygen atoms in total. The van der Waals surface area contributed by atoms with Crippen LogP contribution in [0.1, 0.15) is 10.5 Å². The molecule has 0 saturated heterocycles. The van der Waals surface area contributed by atoms with Crippen molar-refractivity contribution in [2.24, 2.45) is 0 Å². The normalized spacial score (nSPS) is 9.87. The molecule has 0 unspecified atom stereocenters. The molecule has 4 heteroatoms. The molecule has 0 aromatic carbocycles. The Kier molecular flexibility index (Phi) is 2.41. The molecular formula is C11H8N2O2. The molecule has 1 N–H and O–H groups in total. The fraction of sp³-hybridized carbons (Fsp3) is 0. The second kappa shape index (κ2) is 3.88. The molecule has 0 bridgehead atoms. The Morgan fingerprint density at radius 1 is 1.27 bits per heavy atom. The van der Waals surface area contributed by atoms with Gasteiger partial charge in [-0.25, -0.2) is 0 Å². The summed E-state index contributed by atoms with van der Waals surface area (Å²) in [6.45, 7) is 0. The quantitative estimate of drug-likeness (QED) is 0.742. The minimum Gasteiger partial charge on any atom is -0.319 e. The molecule has 74 valence electrons. The minimum atomic E-state index is -0.287. The predicted octanol–water partition coefficient (Wildman–Crippen LogP) is 1.25. The van der Waals surface area contributed by atoms with Gasteiger partial charge in [0.2, 0.25) is 5.56 Å². The topological polar surface area (TPSA) is 62.8 Å². The van der Waals surface area contributed by atoms with Crippen molar-refractivity contribution in [2.75, 3.05) is 0 Å². The van der Waals surface area contributed by atoms with Crippen LogP contribution in [0.5, 0.6) is 0 Å². The van der Waals surface area contributed by atoms with Crippen molar-refractivity contribution in [2.45, 2.75) is 0 Å². The van der Waals surface area contributed by atoms with Gasteiger partial charge in [0, 0.05) is 29.6 Å². The maximum atomic E-state index is 11.0. The first-order valence-corrected chi connectivity index (χ1v) is 4.40. The van der Waals surface area contributed by atoms with Crippen LogP contribution in [0.3, 0.4) is 0 Å². The van der Waals surface area contributed by atoms with Gasteiger partial charge in [-0.3, -0.25) is 14.6 Å². The number of carbonyl (C=O) groups excluding carboxylic acids is 1. The van der Waals surface area contributed by atoms with E-state index in [1.165, 1.54) is 6.07 Å². The first-order valence-electron chi connectivity index (χ1n) is 4.40. The zero-order valence-corrected chi connectivity index (χ0v) is 7.81. The molecule has 0 aliphatic carbocycles. The number of rotatable bonds is 2. The molecule has 0 radical (unpaired) electrons. The molecule has 2 aromatic rings. The average Bonchev–Trinajstić information content (AvgIpc) is 2.30. The monoisotopic (exact) mass is 200 g/mol. The van der Waals surface area contributed by atoms with E-state index in [4.69, 9.17) is 0 Å². The number of nitrogens with zero attached hydrogens (tertiary/aromatic N) is 1. The molecule has 0 saturated carbocycles. The van der Waals surface area contributed by atoms with Crippen molar-refractivity contribution in [1.29, 1.82) is 0 Å². The Bertz CT molecular complexity index is 532. The lowest BCUT2D eigenvalue weighted by Crippen LogP contribution is -2.07. The molecule has 0 fully saturated rings. The van der Waals surface area contributed by atoms with Gasteiger partial charge in [0.05, 0.1) is 5.69 Å². The van der Waals surface area contributed by atoms with Crippen LogP contribution in [0.2, 0.25) is 0 Å². The molecule has 15 heavy (non-hydrogen) atoms. The summed E-state index contributed by atoms with van der Waals surface area (Å²) in [4.78, 5) is 28.2. The van der Waals surface area contributed by atoms with Crippen LogP contribution < -0.4 is 5.56 Å². The van der Waals surface area contributed by atoms with Crippen LogP contribution in [0.25, 0.3) is 11.1 Å². The number of hydrogen-bond acceptors (Lipinski definition) is 3. The third-order valence-corrected chi connectivity index (χ3v) is 2.04. The van der Waals surface area contributed by atoms with E-state index in [1.807, 2.05) is 6.07 Å². The molecule has 2 rings (SSSR count). The molecule has 0 amide bonds. The van der Waals surface area contributed by atoms with Gasteiger partial charge < -0.3 is 4.98 Å². The number of nitrogens with one attached hydrogen (secondary N) is 1. The Balaban J connectivity index is 2.63. The van der Waals surface area contributed by atoms with E-state index in [0.717, 1.165) is 5.56 Å². The first kappa shape index (κ1) is 9.33. The third-order valence-electron chi connectivity index (χ3n) is 2.04. The summed E-state index contributed by atoms with van der Waals surface area (Å²) < 4.78 is 0. The number of H-pyrrole nitrogens is 1. The van der Waals surface area contributed by atoms with Crippen molar-refractivity contribution in [3.8, 4) is 11.1 Å². The molecule has 2 heterocycles. The number of aldehydes is 1. The van der Waals surface area contributed by atoms with E-state index < -0.39 is 0 Å². The Labute approximate surface area is 85.6 Å². The summed E-state index contributed by atoms with van der Waals surface area (Å²) in [6.07, 6.45) is 3.92. The van der Waals surface area contributed by atoms with Gasteiger partial charge >= 0.3 is 0 Å².